The third-order valence-corrected chi connectivity index (χ3v) is 4.44. The predicted octanol–water partition coefficient (Wildman–Crippen LogP) is 2.48. The quantitative estimate of drug-likeness (QED) is 0.847. The molecule has 1 saturated carbocycles. The molecule has 2 rings (SSSR count). The molecule has 1 fully saturated rings. The maximum atomic E-state index is 5.72. The largest absolute Gasteiger partial charge is 0.378 e. The first-order valence-corrected chi connectivity index (χ1v) is 7.31. The second-order valence-corrected chi connectivity index (χ2v) is 5.96. The molecule has 0 amide bonds. The van der Waals surface area contributed by atoms with Crippen LogP contribution < -0.4 is 5.32 Å². The number of nitrogens with zero attached hydrogens (tertiary/aromatic N) is 1. The molecular formula is C13H22N2OS. The molecule has 0 spiro atoms. The van der Waals surface area contributed by atoms with E-state index >= 15 is 0 Å². The van der Waals surface area contributed by atoms with Crippen molar-refractivity contribution in [2.45, 2.75) is 45.8 Å². The molecule has 2 unspecified atom stereocenters. The van der Waals surface area contributed by atoms with Gasteiger partial charge in [-0.15, -0.1) is 11.3 Å². The van der Waals surface area contributed by atoms with Crippen LogP contribution in [0, 0.1) is 5.41 Å². The van der Waals surface area contributed by atoms with E-state index in [0.717, 1.165) is 26.0 Å². The van der Waals surface area contributed by atoms with Crippen LogP contribution in [0.4, 0.5) is 0 Å². The van der Waals surface area contributed by atoms with E-state index in [0.29, 0.717) is 12.1 Å². The van der Waals surface area contributed by atoms with Gasteiger partial charge in [-0.1, -0.05) is 13.8 Å². The molecule has 0 saturated heterocycles. The molecule has 1 aromatic heterocycles. The van der Waals surface area contributed by atoms with Crippen molar-refractivity contribution in [3.8, 4) is 0 Å². The monoisotopic (exact) mass is 254 g/mol. The lowest BCUT2D eigenvalue weighted by atomic mass is 9.64. The van der Waals surface area contributed by atoms with Crippen LogP contribution in [-0.4, -0.2) is 30.3 Å². The lowest BCUT2D eigenvalue weighted by Gasteiger charge is -2.52. The molecular weight excluding hydrogens is 232 g/mol. The van der Waals surface area contributed by atoms with Crippen LogP contribution in [0.3, 0.4) is 0 Å². The summed E-state index contributed by atoms with van der Waals surface area (Å²) < 4.78 is 5.72. The van der Waals surface area contributed by atoms with Crippen LogP contribution in [0.15, 0.2) is 10.9 Å². The zero-order chi connectivity index (χ0) is 12.3. The normalized spacial score (nSPS) is 26.8. The first kappa shape index (κ1) is 13.0. The Bertz CT molecular complexity index is 337. The van der Waals surface area contributed by atoms with Gasteiger partial charge in [0.05, 0.1) is 17.3 Å². The van der Waals surface area contributed by atoms with Crippen molar-refractivity contribution < 1.29 is 4.74 Å². The highest BCUT2D eigenvalue weighted by atomic mass is 32.1. The summed E-state index contributed by atoms with van der Waals surface area (Å²) in [5.74, 6) is 0. The van der Waals surface area contributed by atoms with Gasteiger partial charge in [-0.2, -0.15) is 0 Å². The summed E-state index contributed by atoms with van der Waals surface area (Å²) in [6.07, 6.45) is 2.58. The predicted molar refractivity (Wildman–Crippen MR) is 71.4 cm³/mol. The van der Waals surface area contributed by atoms with Crippen LogP contribution in [-0.2, 0) is 11.2 Å². The zero-order valence-corrected chi connectivity index (χ0v) is 11.7. The van der Waals surface area contributed by atoms with Crippen molar-refractivity contribution in [2.75, 3.05) is 13.2 Å². The minimum absolute atomic E-state index is 0.262. The summed E-state index contributed by atoms with van der Waals surface area (Å²) in [6, 6.07) is 0.581. The minimum Gasteiger partial charge on any atom is -0.378 e. The molecule has 1 aliphatic carbocycles. The summed E-state index contributed by atoms with van der Waals surface area (Å²) in [4.78, 5) is 4.29. The Balaban J connectivity index is 1.71. The number of nitrogens with one attached hydrogen (secondary N) is 1. The van der Waals surface area contributed by atoms with Gasteiger partial charge in [0.2, 0.25) is 0 Å². The van der Waals surface area contributed by atoms with E-state index in [1.54, 1.807) is 11.3 Å². The second kappa shape index (κ2) is 5.46. The fraction of sp³-hybridized carbons (Fsp3) is 0.769. The maximum Gasteiger partial charge on any atom is 0.0794 e. The standard InChI is InChI=1S/C13H22N2OS/c1-4-16-12-7-11(13(12,2)3)14-6-5-10-8-17-9-15-10/h8-9,11-12,14H,4-7H2,1-3H3. The number of thiazole rings is 1. The third kappa shape index (κ3) is 2.87. The summed E-state index contributed by atoms with van der Waals surface area (Å²) in [5, 5.41) is 5.74. The van der Waals surface area contributed by atoms with Crippen molar-refractivity contribution in [3.05, 3.63) is 16.6 Å². The molecule has 0 aromatic carbocycles. The van der Waals surface area contributed by atoms with Crippen molar-refractivity contribution in [2.24, 2.45) is 5.41 Å². The van der Waals surface area contributed by atoms with Gasteiger partial charge in [-0.05, 0) is 13.3 Å². The lowest BCUT2D eigenvalue weighted by Crippen LogP contribution is -2.61. The molecule has 17 heavy (non-hydrogen) atoms. The van der Waals surface area contributed by atoms with E-state index in [4.69, 9.17) is 4.74 Å². The fourth-order valence-electron chi connectivity index (χ4n) is 2.45. The summed E-state index contributed by atoms with van der Waals surface area (Å²) in [7, 11) is 0. The van der Waals surface area contributed by atoms with Gasteiger partial charge in [-0.3, -0.25) is 0 Å². The molecule has 1 aromatic rings. The van der Waals surface area contributed by atoms with Crippen molar-refractivity contribution in [1.82, 2.24) is 10.3 Å². The van der Waals surface area contributed by atoms with E-state index in [1.807, 2.05) is 5.51 Å². The molecule has 0 radical (unpaired) electrons. The Hall–Kier alpha value is -0.450. The minimum atomic E-state index is 0.262. The van der Waals surface area contributed by atoms with Crippen molar-refractivity contribution in [1.29, 1.82) is 0 Å². The summed E-state index contributed by atoms with van der Waals surface area (Å²) in [6.45, 7) is 8.48. The van der Waals surface area contributed by atoms with E-state index in [-0.39, 0.29) is 5.41 Å². The highest BCUT2D eigenvalue weighted by Gasteiger charge is 2.48. The highest BCUT2D eigenvalue weighted by molar-refractivity contribution is 7.07. The smallest absolute Gasteiger partial charge is 0.0794 e. The van der Waals surface area contributed by atoms with Crippen LogP contribution in [0.2, 0.25) is 0 Å². The van der Waals surface area contributed by atoms with E-state index < -0.39 is 0 Å². The number of aromatic nitrogens is 1. The molecule has 1 aliphatic rings. The zero-order valence-electron chi connectivity index (χ0n) is 10.9. The molecule has 4 heteroatoms. The highest BCUT2D eigenvalue weighted by Crippen LogP contribution is 2.42. The first-order chi connectivity index (χ1) is 8.14. The maximum absolute atomic E-state index is 5.72. The number of ether oxygens (including phenoxy) is 1. The van der Waals surface area contributed by atoms with E-state index in [9.17, 15) is 0 Å². The molecule has 1 heterocycles. The lowest BCUT2D eigenvalue weighted by molar-refractivity contribution is -0.113. The second-order valence-electron chi connectivity index (χ2n) is 5.24. The SMILES string of the molecule is CCOC1CC(NCCc2cscn2)C1(C)C. The van der Waals surface area contributed by atoms with Gasteiger partial charge >= 0.3 is 0 Å². The number of hydrogen-bond donors (Lipinski definition) is 1. The van der Waals surface area contributed by atoms with Gasteiger partial charge in [0.15, 0.2) is 0 Å². The summed E-state index contributed by atoms with van der Waals surface area (Å²) in [5.41, 5.74) is 3.35. The topological polar surface area (TPSA) is 34.1 Å². The Labute approximate surface area is 108 Å². The van der Waals surface area contributed by atoms with Crippen molar-refractivity contribution >= 4 is 11.3 Å². The first-order valence-electron chi connectivity index (χ1n) is 6.36. The summed E-state index contributed by atoms with van der Waals surface area (Å²) >= 11 is 1.67. The van der Waals surface area contributed by atoms with Crippen LogP contribution >= 0.6 is 11.3 Å². The average Bonchev–Trinajstić information content (AvgIpc) is 2.80. The molecule has 0 bridgehead atoms. The Morgan fingerprint density at radius 1 is 1.59 bits per heavy atom. The van der Waals surface area contributed by atoms with Crippen LogP contribution in [0.25, 0.3) is 0 Å². The van der Waals surface area contributed by atoms with E-state index in [1.165, 1.54) is 5.69 Å². The third-order valence-electron chi connectivity index (χ3n) is 3.80. The Morgan fingerprint density at radius 2 is 2.41 bits per heavy atom. The van der Waals surface area contributed by atoms with Gasteiger partial charge in [0, 0.05) is 36.4 Å². The van der Waals surface area contributed by atoms with Crippen molar-refractivity contribution in [3.63, 3.8) is 0 Å². The van der Waals surface area contributed by atoms with Crippen LogP contribution in [0.5, 0.6) is 0 Å². The number of hydrogen-bond acceptors (Lipinski definition) is 4. The Morgan fingerprint density at radius 3 is 3.00 bits per heavy atom. The average molecular weight is 254 g/mol. The molecule has 96 valence electrons. The van der Waals surface area contributed by atoms with Gasteiger partial charge in [0.1, 0.15) is 0 Å². The van der Waals surface area contributed by atoms with Gasteiger partial charge < -0.3 is 10.1 Å². The van der Waals surface area contributed by atoms with Gasteiger partial charge in [-0.25, -0.2) is 4.98 Å². The molecule has 1 N–H and O–H groups in total. The molecule has 2 atom stereocenters. The van der Waals surface area contributed by atoms with Gasteiger partial charge in [0.25, 0.3) is 0 Å². The number of rotatable bonds is 6. The van der Waals surface area contributed by atoms with Crippen LogP contribution in [0.1, 0.15) is 32.9 Å². The van der Waals surface area contributed by atoms with E-state index in [2.05, 4.69) is 36.5 Å². The molecule has 3 nitrogen and oxygen atoms in total. The molecule has 0 aliphatic heterocycles. The fourth-order valence-corrected chi connectivity index (χ4v) is 3.04. The Kier molecular flexibility index (Phi) is 4.17.